The van der Waals surface area contributed by atoms with E-state index in [0.717, 1.165) is 146 Å². The molecule has 0 fully saturated rings. The van der Waals surface area contributed by atoms with Crippen LogP contribution >= 0.6 is 11.3 Å². The number of hydrogen-bond acceptors (Lipinski definition) is 8. The van der Waals surface area contributed by atoms with Crippen LogP contribution in [0.1, 0.15) is 0 Å². The molecule has 128 heavy (non-hydrogen) atoms. The number of rotatable bonds is 14. The Bertz CT molecular complexity index is 7850. The van der Waals surface area contributed by atoms with Crippen LogP contribution in [-0.2, 0) is 0 Å². The highest BCUT2D eigenvalue weighted by atomic mass is 32.1. The Morgan fingerprint density at radius 2 is 0.445 bits per heavy atom. The van der Waals surface area contributed by atoms with Gasteiger partial charge in [-0.15, -0.1) is 11.3 Å². The molecule has 0 spiro atoms. The fraction of sp³-hybridized carbons (Fsp3) is 0. The van der Waals surface area contributed by atoms with Crippen LogP contribution in [0.15, 0.2) is 465 Å². The molecule has 0 amide bonds. The summed E-state index contributed by atoms with van der Waals surface area (Å²) in [6.45, 7) is 0. The summed E-state index contributed by atoms with van der Waals surface area (Å²) in [4.78, 5) is 9.17. The van der Waals surface area contributed by atoms with Gasteiger partial charge in [-0.05, 0) is 287 Å². The topological polar surface area (TPSA) is 44.6 Å². The lowest BCUT2D eigenvalue weighted by atomic mass is 9.86. The van der Waals surface area contributed by atoms with E-state index in [2.05, 4.69) is 481 Å². The van der Waals surface area contributed by atoms with Crippen molar-refractivity contribution in [3.8, 4) is 67.5 Å². The number of para-hydroxylation sites is 8. The van der Waals surface area contributed by atoms with Crippen molar-refractivity contribution in [2.45, 2.75) is 0 Å². The van der Waals surface area contributed by atoms with Gasteiger partial charge < -0.3 is 33.5 Å². The minimum Gasteiger partial charge on any atom is -0.456 e. The number of furan rings is 1. The van der Waals surface area contributed by atoms with Crippen LogP contribution in [0.5, 0.6) is 23.0 Å². The molecular weight excluding hydrogens is 1580 g/mol. The Morgan fingerprint density at radius 1 is 0.156 bits per heavy atom. The first kappa shape index (κ1) is 73.9. The second-order valence-corrected chi connectivity index (χ2v) is 34.0. The summed E-state index contributed by atoms with van der Waals surface area (Å²) in [6.07, 6.45) is 0. The van der Waals surface area contributed by atoms with Crippen LogP contribution in [0.2, 0.25) is 0 Å². The quantitative estimate of drug-likeness (QED) is 0.101. The maximum Gasteiger partial charge on any atom is 0.137 e. The molecule has 26 rings (SSSR count). The number of thiophene rings is 1. The second-order valence-electron chi connectivity index (χ2n) is 32.9. The van der Waals surface area contributed by atoms with Gasteiger partial charge in [0.15, 0.2) is 0 Å². The van der Waals surface area contributed by atoms with Crippen LogP contribution < -0.4 is 29.1 Å². The predicted molar refractivity (Wildman–Crippen MR) is 539 cm³/mol. The fourth-order valence-electron chi connectivity index (χ4n) is 19.8. The van der Waals surface area contributed by atoms with E-state index in [0.29, 0.717) is 0 Å². The number of fused-ring (bicyclic) bond motifs is 18. The molecule has 0 N–H and O–H groups in total. The maximum atomic E-state index is 6.89. The summed E-state index contributed by atoms with van der Waals surface area (Å²) in [5.41, 5.74) is 24.0. The second kappa shape index (κ2) is 30.6. The molecule has 0 radical (unpaired) electrons. The van der Waals surface area contributed by atoms with Gasteiger partial charge in [-0.2, -0.15) is 0 Å². The maximum absolute atomic E-state index is 6.89. The number of nitrogens with zero attached hydrogens (tertiary/aromatic N) is 4. The number of anilines is 12. The molecule has 0 bridgehead atoms. The van der Waals surface area contributed by atoms with Gasteiger partial charge in [0.25, 0.3) is 0 Å². The minimum atomic E-state index is 0.841. The van der Waals surface area contributed by atoms with E-state index in [4.69, 9.17) is 13.9 Å². The van der Waals surface area contributed by atoms with Gasteiger partial charge in [0.05, 0.1) is 0 Å². The van der Waals surface area contributed by atoms with Gasteiger partial charge in [-0.1, -0.05) is 243 Å². The Balaban J connectivity index is 0.000000139. The van der Waals surface area contributed by atoms with Crippen LogP contribution in [0.3, 0.4) is 0 Å². The standard InChI is InChI=1S/C60H38N2O2.C60H38N2OS/c1-5-16-40(17-6-1)61(41-18-7-2-8-19-41)44-29-32-49-48-31-28-39(34-57(48)64-58(49)35-44)52-37-54-51-26-15-27-56-60(51)55(38-53(54)47-25-14-13-24-46(47)52)50-33-30-45(36-59(50)63-56)62(42-20-9-3-10-21-42)43-22-11-4-12-23-43;1-5-16-40(17-6-1)61(41-18-7-2-8-19-41)44-29-32-48-55-38-53-47-25-14-13-24-46(47)52(37-54(53)51-26-15-27-56(60(51)55)63-57(48)35-44)39-28-31-49-50-33-30-45(36-59(50)64-58(49)34-39)62(42-20-9-3-10-21-42)43-22-11-4-12-23-43/h2*1-38H. The lowest BCUT2D eigenvalue weighted by Crippen LogP contribution is -2.10. The summed E-state index contributed by atoms with van der Waals surface area (Å²) < 4.78 is 23.1. The van der Waals surface area contributed by atoms with E-state index < -0.39 is 0 Å². The molecular formula is C120H76N4O3S. The van der Waals surface area contributed by atoms with Crippen molar-refractivity contribution in [2.24, 2.45) is 0 Å². The van der Waals surface area contributed by atoms with Crippen molar-refractivity contribution in [1.82, 2.24) is 0 Å². The summed E-state index contributed by atoms with van der Waals surface area (Å²) in [5.74, 6) is 3.43. The fourth-order valence-corrected chi connectivity index (χ4v) is 21.0. The first-order valence-electron chi connectivity index (χ1n) is 43.5. The molecule has 0 atom stereocenters. The normalized spacial score (nSPS) is 11.9. The van der Waals surface area contributed by atoms with Gasteiger partial charge in [0.1, 0.15) is 34.2 Å². The zero-order valence-electron chi connectivity index (χ0n) is 69.3. The molecule has 2 aliphatic rings. The Hall–Kier alpha value is -16.8. The van der Waals surface area contributed by atoms with Gasteiger partial charge in [0.2, 0.25) is 0 Å². The third-order valence-corrected chi connectivity index (χ3v) is 26.7. The Labute approximate surface area is 743 Å². The number of benzene rings is 22. The molecule has 0 unspecified atom stereocenters. The summed E-state index contributed by atoms with van der Waals surface area (Å²) >= 11 is 1.87. The molecule has 7 nitrogen and oxygen atoms in total. The van der Waals surface area contributed by atoms with Gasteiger partial charge in [0, 0.05) is 139 Å². The molecule has 0 saturated heterocycles. The van der Waals surface area contributed by atoms with Gasteiger partial charge in [-0.3, -0.25) is 0 Å². The lowest BCUT2D eigenvalue weighted by molar-refractivity contribution is 0.487. The summed E-state index contributed by atoms with van der Waals surface area (Å²) in [5, 5.41) is 19.1. The molecule has 0 aliphatic carbocycles. The first-order chi connectivity index (χ1) is 63.5. The Kier molecular flexibility index (Phi) is 17.7. The van der Waals surface area contributed by atoms with Crippen LogP contribution in [-0.4, -0.2) is 0 Å². The smallest absolute Gasteiger partial charge is 0.137 e. The SMILES string of the molecule is c1ccc(N(c2ccccc2)c2ccc3c(c2)Oc2cccc4c2c-3cc2c3ccccc3c(-c3ccc5c(c3)oc3cc(N(c6ccccc6)c6ccccc6)ccc35)cc42)cc1.c1ccc(N(c2ccccc2)c2ccc3c(c2)Oc2cccc4c2c-3cc2c3ccccc3c(-c3ccc5c(c3)sc3cc(N(c6ccccc6)c6ccccc6)ccc35)cc42)cc1. The highest BCUT2D eigenvalue weighted by Crippen LogP contribution is 2.56. The average molecular weight is 1650 g/mol. The molecule has 4 heterocycles. The zero-order chi connectivity index (χ0) is 84.3. The van der Waals surface area contributed by atoms with E-state index in [9.17, 15) is 0 Å². The monoisotopic (exact) mass is 1650 g/mol. The average Bonchev–Trinajstić information content (AvgIpc) is 0.849. The van der Waals surface area contributed by atoms with Crippen molar-refractivity contribution >= 4 is 186 Å². The molecule has 24 aromatic rings. The summed E-state index contributed by atoms with van der Waals surface area (Å²) in [7, 11) is 0. The minimum absolute atomic E-state index is 0.841. The summed E-state index contributed by atoms with van der Waals surface area (Å²) in [6, 6.07) is 165. The Morgan fingerprint density at radius 3 is 0.844 bits per heavy atom. The van der Waals surface area contributed by atoms with E-state index >= 15 is 0 Å². The van der Waals surface area contributed by atoms with Crippen molar-refractivity contribution in [3.05, 3.63) is 461 Å². The van der Waals surface area contributed by atoms with Crippen molar-refractivity contribution in [2.75, 3.05) is 19.6 Å². The van der Waals surface area contributed by atoms with Crippen LogP contribution in [0, 0.1) is 0 Å². The van der Waals surface area contributed by atoms with Gasteiger partial charge in [-0.25, -0.2) is 0 Å². The first-order valence-corrected chi connectivity index (χ1v) is 44.3. The van der Waals surface area contributed by atoms with E-state index in [1.54, 1.807) is 0 Å². The molecule has 8 heteroatoms. The molecule has 22 aromatic carbocycles. The largest absolute Gasteiger partial charge is 0.456 e. The lowest BCUT2D eigenvalue weighted by Gasteiger charge is -2.28. The molecule has 2 aliphatic heterocycles. The van der Waals surface area contributed by atoms with Crippen LogP contribution in [0.4, 0.5) is 68.2 Å². The number of hydrogen-bond donors (Lipinski definition) is 0. The predicted octanol–water partition coefficient (Wildman–Crippen LogP) is 35.3. The van der Waals surface area contributed by atoms with Crippen molar-refractivity contribution in [1.29, 1.82) is 0 Å². The third-order valence-electron chi connectivity index (χ3n) is 25.6. The van der Waals surface area contributed by atoms with Crippen LogP contribution in [0.25, 0.3) is 151 Å². The molecule has 0 saturated carbocycles. The highest BCUT2D eigenvalue weighted by Gasteiger charge is 2.29. The highest BCUT2D eigenvalue weighted by molar-refractivity contribution is 7.25. The van der Waals surface area contributed by atoms with Crippen molar-refractivity contribution < 1.29 is 13.9 Å². The van der Waals surface area contributed by atoms with E-state index in [-0.39, 0.29) is 0 Å². The molecule has 2 aromatic heterocycles. The van der Waals surface area contributed by atoms with Gasteiger partial charge >= 0.3 is 0 Å². The molecule has 600 valence electrons. The third kappa shape index (κ3) is 12.6. The zero-order valence-corrected chi connectivity index (χ0v) is 70.1. The van der Waals surface area contributed by atoms with Crippen molar-refractivity contribution in [3.63, 3.8) is 0 Å². The van der Waals surface area contributed by atoms with E-state index in [1.165, 1.54) is 96.3 Å². The van der Waals surface area contributed by atoms with E-state index in [1.807, 2.05) is 11.3 Å². The number of ether oxygens (including phenoxy) is 2.